The van der Waals surface area contributed by atoms with Crippen molar-refractivity contribution in [2.24, 2.45) is 17.1 Å². The lowest BCUT2D eigenvalue weighted by Crippen LogP contribution is -2.45. The summed E-state index contributed by atoms with van der Waals surface area (Å²) in [4.78, 5) is 25.9. The molecule has 170 valence electrons. The number of piperidine rings is 1. The van der Waals surface area contributed by atoms with Crippen molar-refractivity contribution in [3.63, 3.8) is 0 Å². The molecule has 2 heterocycles. The van der Waals surface area contributed by atoms with Crippen LogP contribution in [-0.2, 0) is 4.74 Å². The van der Waals surface area contributed by atoms with Crippen LogP contribution in [0.3, 0.4) is 0 Å². The van der Waals surface area contributed by atoms with E-state index < -0.39 is 17.9 Å². The molecule has 9 nitrogen and oxygen atoms in total. The molecule has 1 aliphatic heterocycles. The highest BCUT2D eigenvalue weighted by Gasteiger charge is 2.35. The van der Waals surface area contributed by atoms with Crippen LogP contribution in [0.5, 0.6) is 0 Å². The zero-order chi connectivity index (χ0) is 23.5. The molecule has 1 aromatic carbocycles. The lowest BCUT2D eigenvalue weighted by molar-refractivity contribution is 0.0553. The van der Waals surface area contributed by atoms with Gasteiger partial charge in [0.15, 0.2) is 5.82 Å². The van der Waals surface area contributed by atoms with E-state index in [4.69, 9.17) is 10.5 Å². The predicted molar refractivity (Wildman–Crippen MR) is 116 cm³/mol. The summed E-state index contributed by atoms with van der Waals surface area (Å²) in [6.45, 7) is 6.76. The molecule has 1 fully saturated rings. The number of nitrogens with two attached hydrogens (primary N) is 1. The van der Waals surface area contributed by atoms with Crippen molar-refractivity contribution in [3.05, 3.63) is 41.8 Å². The smallest absolute Gasteiger partial charge is 0.409 e. The monoisotopic (exact) mass is 442 g/mol. The molecule has 32 heavy (non-hydrogen) atoms. The van der Waals surface area contributed by atoms with Crippen LogP contribution < -0.4 is 11.1 Å². The van der Waals surface area contributed by atoms with Gasteiger partial charge in [-0.15, -0.1) is 0 Å². The SMILES string of the molecule is CC(C)(C)COC(=O)N1CC[C@H](n2cc(C(N)=O)c(Nc3ccc(F)cc3)n2)[C@H](C#N)C1. The Morgan fingerprint density at radius 2 is 2.03 bits per heavy atom. The van der Waals surface area contributed by atoms with Gasteiger partial charge in [-0.05, 0) is 36.1 Å². The van der Waals surface area contributed by atoms with E-state index in [1.54, 1.807) is 0 Å². The number of nitrogens with zero attached hydrogens (tertiary/aromatic N) is 4. The van der Waals surface area contributed by atoms with Crippen LogP contribution in [0.15, 0.2) is 30.5 Å². The Kier molecular flexibility index (Phi) is 6.67. The number of likely N-dealkylation sites (tertiary alicyclic amines) is 1. The van der Waals surface area contributed by atoms with Crippen molar-refractivity contribution in [3.8, 4) is 6.07 Å². The first-order valence-corrected chi connectivity index (χ1v) is 10.3. The molecular weight excluding hydrogens is 415 g/mol. The van der Waals surface area contributed by atoms with E-state index in [0.717, 1.165) is 0 Å². The largest absolute Gasteiger partial charge is 0.449 e. The first-order valence-electron chi connectivity index (χ1n) is 10.3. The van der Waals surface area contributed by atoms with Gasteiger partial charge in [-0.25, -0.2) is 9.18 Å². The minimum Gasteiger partial charge on any atom is -0.449 e. The fraction of sp³-hybridized carbons (Fsp3) is 0.455. The van der Waals surface area contributed by atoms with Crippen LogP contribution in [0.25, 0.3) is 0 Å². The summed E-state index contributed by atoms with van der Waals surface area (Å²) in [5.41, 5.74) is 6.04. The molecule has 1 saturated heterocycles. The Hall–Kier alpha value is -3.61. The van der Waals surface area contributed by atoms with Gasteiger partial charge in [0.2, 0.25) is 0 Å². The second-order valence-electron chi connectivity index (χ2n) is 9.02. The van der Waals surface area contributed by atoms with Gasteiger partial charge in [-0.2, -0.15) is 10.4 Å². The van der Waals surface area contributed by atoms with Crippen LogP contribution in [0.4, 0.5) is 20.7 Å². The maximum Gasteiger partial charge on any atom is 0.409 e. The van der Waals surface area contributed by atoms with E-state index in [1.807, 2.05) is 20.8 Å². The van der Waals surface area contributed by atoms with Crippen LogP contribution in [0.2, 0.25) is 0 Å². The van der Waals surface area contributed by atoms with Crippen LogP contribution in [0.1, 0.15) is 43.6 Å². The molecule has 0 radical (unpaired) electrons. The predicted octanol–water partition coefficient (Wildman–Crippen LogP) is 3.43. The van der Waals surface area contributed by atoms with Gasteiger partial charge in [0.1, 0.15) is 11.4 Å². The number of hydrogen-bond acceptors (Lipinski definition) is 6. The number of aromatic nitrogens is 2. The average Bonchev–Trinajstić information content (AvgIpc) is 3.16. The van der Waals surface area contributed by atoms with Crippen molar-refractivity contribution in [2.45, 2.75) is 33.2 Å². The number of carbonyl (C=O) groups is 2. The van der Waals surface area contributed by atoms with Crippen molar-refractivity contribution in [2.75, 3.05) is 25.0 Å². The van der Waals surface area contributed by atoms with Gasteiger partial charge >= 0.3 is 6.09 Å². The first-order chi connectivity index (χ1) is 15.1. The summed E-state index contributed by atoms with van der Waals surface area (Å²) in [6.07, 6.45) is 1.51. The van der Waals surface area contributed by atoms with Crippen molar-refractivity contribution < 1.29 is 18.7 Å². The van der Waals surface area contributed by atoms with E-state index in [1.165, 1.54) is 40.0 Å². The Morgan fingerprint density at radius 3 is 2.62 bits per heavy atom. The molecular formula is C22H27FN6O3. The molecule has 0 saturated carbocycles. The lowest BCUT2D eigenvalue weighted by Gasteiger charge is -2.35. The maximum atomic E-state index is 13.2. The summed E-state index contributed by atoms with van der Waals surface area (Å²) >= 11 is 0. The second-order valence-corrected chi connectivity index (χ2v) is 9.02. The van der Waals surface area contributed by atoms with E-state index in [-0.39, 0.29) is 41.8 Å². The number of anilines is 2. The molecule has 1 aliphatic rings. The normalized spacial score (nSPS) is 18.7. The highest BCUT2D eigenvalue weighted by molar-refractivity contribution is 5.98. The molecule has 0 spiro atoms. The van der Waals surface area contributed by atoms with Crippen molar-refractivity contribution in [1.82, 2.24) is 14.7 Å². The standard InChI is InChI=1S/C22H27FN6O3/c1-22(2,3)13-32-21(31)28-9-8-18(14(10-24)11-28)29-12-17(19(25)30)20(27-29)26-16-6-4-15(23)5-7-16/h4-7,12,14,18H,8-9,11,13H2,1-3H3,(H2,25,30)(H,26,27)/t14-,18+/m1/s1. The van der Waals surface area contributed by atoms with E-state index in [2.05, 4.69) is 16.5 Å². The van der Waals surface area contributed by atoms with Crippen LogP contribution in [0, 0.1) is 28.5 Å². The Labute approximate surface area is 185 Å². The number of amides is 2. The first kappa shape index (κ1) is 23.1. The number of benzene rings is 1. The summed E-state index contributed by atoms with van der Waals surface area (Å²) in [5, 5.41) is 17.1. The molecule has 2 atom stereocenters. The minimum absolute atomic E-state index is 0.151. The Bertz CT molecular complexity index is 1020. The molecule has 10 heteroatoms. The molecule has 3 N–H and O–H groups in total. The van der Waals surface area contributed by atoms with Gasteiger partial charge in [0, 0.05) is 25.0 Å². The number of hydrogen-bond donors (Lipinski definition) is 2. The second kappa shape index (κ2) is 9.26. The van der Waals surface area contributed by atoms with Crippen LogP contribution in [-0.4, -0.2) is 46.4 Å². The summed E-state index contributed by atoms with van der Waals surface area (Å²) in [5.74, 6) is -1.41. The highest BCUT2D eigenvalue weighted by atomic mass is 19.1. The number of rotatable bonds is 5. The van der Waals surface area contributed by atoms with E-state index in [0.29, 0.717) is 18.7 Å². The fourth-order valence-electron chi connectivity index (χ4n) is 3.42. The molecule has 0 bridgehead atoms. The number of carbonyl (C=O) groups excluding carboxylic acids is 2. The molecule has 3 rings (SSSR count). The molecule has 2 aromatic rings. The molecule has 2 amide bonds. The lowest BCUT2D eigenvalue weighted by atomic mass is 9.93. The number of nitriles is 1. The number of nitrogens with one attached hydrogen (secondary N) is 1. The summed E-state index contributed by atoms with van der Waals surface area (Å²) in [7, 11) is 0. The van der Waals surface area contributed by atoms with Crippen molar-refractivity contribution in [1.29, 1.82) is 5.26 Å². The van der Waals surface area contributed by atoms with Crippen molar-refractivity contribution >= 4 is 23.5 Å². The maximum absolute atomic E-state index is 13.2. The van der Waals surface area contributed by atoms with Crippen LogP contribution >= 0.6 is 0 Å². The third-order valence-corrected chi connectivity index (χ3v) is 5.07. The van der Waals surface area contributed by atoms with Gasteiger partial charge in [0.05, 0.1) is 24.6 Å². The van der Waals surface area contributed by atoms with Gasteiger partial charge < -0.3 is 20.7 Å². The van der Waals surface area contributed by atoms with Gasteiger partial charge in [-0.1, -0.05) is 20.8 Å². The third kappa shape index (κ3) is 5.55. The molecule has 0 aliphatic carbocycles. The van der Waals surface area contributed by atoms with Gasteiger partial charge in [0.25, 0.3) is 5.91 Å². The zero-order valence-electron chi connectivity index (χ0n) is 18.3. The topological polar surface area (TPSA) is 126 Å². The number of primary amides is 1. The third-order valence-electron chi connectivity index (χ3n) is 5.07. The quantitative estimate of drug-likeness (QED) is 0.730. The molecule has 1 aromatic heterocycles. The number of ether oxygens (including phenoxy) is 1. The highest BCUT2D eigenvalue weighted by Crippen LogP contribution is 2.30. The van der Waals surface area contributed by atoms with E-state index in [9.17, 15) is 19.2 Å². The van der Waals surface area contributed by atoms with Gasteiger partial charge in [-0.3, -0.25) is 9.48 Å². The minimum atomic E-state index is -0.683. The van der Waals surface area contributed by atoms with E-state index >= 15 is 0 Å². The Morgan fingerprint density at radius 1 is 1.34 bits per heavy atom. The fourth-order valence-corrected chi connectivity index (χ4v) is 3.42. The molecule has 0 unspecified atom stereocenters. The summed E-state index contributed by atoms with van der Waals surface area (Å²) < 4.78 is 20.1. The number of halogens is 1. The zero-order valence-corrected chi connectivity index (χ0v) is 18.3. The Balaban J connectivity index is 1.76. The summed E-state index contributed by atoms with van der Waals surface area (Å²) in [6, 6.07) is 7.47. The average molecular weight is 442 g/mol.